The fraction of sp³-hybridized carbons (Fsp3) is 0.769. The minimum absolute atomic E-state index is 0.0993. The highest BCUT2D eigenvalue weighted by molar-refractivity contribution is 5.96. The summed E-state index contributed by atoms with van der Waals surface area (Å²) >= 11 is 0. The van der Waals surface area contributed by atoms with Crippen LogP contribution in [0.5, 0.6) is 0 Å². The number of amides is 3. The summed E-state index contributed by atoms with van der Waals surface area (Å²) in [5.74, 6) is -1.44. The van der Waals surface area contributed by atoms with Gasteiger partial charge in [0.05, 0.1) is 12.0 Å². The zero-order chi connectivity index (χ0) is 15.3. The normalized spacial score (nSPS) is 20.2. The van der Waals surface area contributed by atoms with E-state index in [1.165, 1.54) is 13.8 Å². The molecule has 0 saturated carbocycles. The van der Waals surface area contributed by atoms with Crippen LogP contribution in [0.4, 0.5) is 4.79 Å². The van der Waals surface area contributed by atoms with E-state index in [0.29, 0.717) is 13.2 Å². The third-order valence-electron chi connectivity index (χ3n) is 3.47. The minimum atomic E-state index is -1.20. The number of carboxylic acid groups (broad SMARTS) is 1. The Morgan fingerprint density at radius 2 is 2.05 bits per heavy atom. The van der Waals surface area contributed by atoms with Gasteiger partial charge in [-0.2, -0.15) is 0 Å². The molecule has 1 rings (SSSR count). The van der Waals surface area contributed by atoms with Crippen molar-refractivity contribution in [1.82, 2.24) is 10.6 Å². The molecule has 1 saturated heterocycles. The average Bonchev–Trinajstić information content (AvgIpc) is 2.80. The van der Waals surface area contributed by atoms with Crippen molar-refractivity contribution in [1.29, 1.82) is 0 Å². The van der Waals surface area contributed by atoms with Gasteiger partial charge in [0, 0.05) is 25.0 Å². The lowest BCUT2D eigenvalue weighted by atomic mass is 9.89. The van der Waals surface area contributed by atoms with Crippen LogP contribution in [-0.2, 0) is 14.3 Å². The smallest absolute Gasteiger partial charge is 0.321 e. The van der Waals surface area contributed by atoms with Crippen molar-refractivity contribution in [3.8, 4) is 0 Å². The van der Waals surface area contributed by atoms with Crippen molar-refractivity contribution in [3.05, 3.63) is 0 Å². The maximum atomic E-state index is 11.6. The van der Waals surface area contributed by atoms with Gasteiger partial charge in [-0.1, -0.05) is 0 Å². The number of carboxylic acids is 1. The summed E-state index contributed by atoms with van der Waals surface area (Å²) in [6.07, 6.45) is 0.623. The lowest BCUT2D eigenvalue weighted by Crippen LogP contribution is -2.47. The van der Waals surface area contributed by atoms with E-state index >= 15 is 0 Å². The van der Waals surface area contributed by atoms with Crippen molar-refractivity contribution in [3.63, 3.8) is 0 Å². The number of aliphatic carboxylic acids is 1. The standard InChI is InChI=1S/C13H22N2O5/c1-8(9-4-5-20-7-9)14-12(19)15-10(16)6-13(2,3)11(17)18/h8-9H,4-7H2,1-3H3,(H,17,18)(H2,14,15,16,19). The molecule has 1 aliphatic rings. The number of imide groups is 1. The van der Waals surface area contributed by atoms with E-state index in [1.807, 2.05) is 6.92 Å². The van der Waals surface area contributed by atoms with Gasteiger partial charge in [-0.15, -0.1) is 0 Å². The topological polar surface area (TPSA) is 105 Å². The van der Waals surface area contributed by atoms with Crippen molar-refractivity contribution >= 4 is 17.9 Å². The summed E-state index contributed by atoms with van der Waals surface area (Å²) in [5, 5.41) is 13.7. The zero-order valence-electron chi connectivity index (χ0n) is 12.1. The number of urea groups is 1. The van der Waals surface area contributed by atoms with Crippen LogP contribution in [0.25, 0.3) is 0 Å². The highest BCUT2D eigenvalue weighted by Crippen LogP contribution is 2.20. The maximum absolute atomic E-state index is 11.6. The van der Waals surface area contributed by atoms with E-state index in [9.17, 15) is 14.4 Å². The summed E-state index contributed by atoms with van der Waals surface area (Å²) in [7, 11) is 0. The fourth-order valence-electron chi connectivity index (χ4n) is 1.96. The van der Waals surface area contributed by atoms with Gasteiger partial charge in [0.15, 0.2) is 0 Å². The number of hydrogen-bond acceptors (Lipinski definition) is 4. The molecule has 2 atom stereocenters. The largest absolute Gasteiger partial charge is 0.481 e. The molecular weight excluding hydrogens is 264 g/mol. The molecule has 1 fully saturated rings. The first-order valence-electron chi connectivity index (χ1n) is 6.64. The monoisotopic (exact) mass is 286 g/mol. The van der Waals surface area contributed by atoms with Crippen LogP contribution >= 0.6 is 0 Å². The molecule has 114 valence electrons. The Balaban J connectivity index is 2.38. The predicted octanol–water partition coefficient (Wildman–Crippen LogP) is 0.738. The molecule has 0 spiro atoms. The van der Waals surface area contributed by atoms with Crippen LogP contribution < -0.4 is 10.6 Å². The van der Waals surface area contributed by atoms with E-state index in [2.05, 4.69) is 10.6 Å². The van der Waals surface area contributed by atoms with Gasteiger partial charge in [-0.3, -0.25) is 14.9 Å². The lowest BCUT2D eigenvalue weighted by molar-refractivity contribution is -0.149. The number of carbonyl (C=O) groups is 3. The lowest BCUT2D eigenvalue weighted by Gasteiger charge is -2.21. The molecule has 1 heterocycles. The number of nitrogens with one attached hydrogen (secondary N) is 2. The van der Waals surface area contributed by atoms with Crippen LogP contribution in [-0.4, -0.2) is 42.3 Å². The molecule has 0 aliphatic carbocycles. The molecule has 7 nitrogen and oxygen atoms in total. The van der Waals surface area contributed by atoms with E-state index in [4.69, 9.17) is 9.84 Å². The molecule has 1 aliphatic heterocycles. The van der Waals surface area contributed by atoms with Gasteiger partial charge >= 0.3 is 12.0 Å². The maximum Gasteiger partial charge on any atom is 0.321 e. The van der Waals surface area contributed by atoms with Gasteiger partial charge in [0.2, 0.25) is 5.91 Å². The first-order chi connectivity index (χ1) is 9.22. The molecular formula is C13H22N2O5. The van der Waals surface area contributed by atoms with Crippen LogP contribution in [0.3, 0.4) is 0 Å². The van der Waals surface area contributed by atoms with Crippen LogP contribution in [0.15, 0.2) is 0 Å². The molecule has 3 N–H and O–H groups in total. The van der Waals surface area contributed by atoms with Crippen LogP contribution in [0.1, 0.15) is 33.6 Å². The van der Waals surface area contributed by atoms with Gasteiger partial charge in [0.25, 0.3) is 0 Å². The summed E-state index contributed by atoms with van der Waals surface area (Å²) in [4.78, 5) is 34.2. The molecule has 0 aromatic heterocycles. The number of rotatable bonds is 5. The summed E-state index contributed by atoms with van der Waals surface area (Å²) in [6, 6.07) is -0.701. The van der Waals surface area contributed by atoms with Crippen molar-refractivity contribution in [2.24, 2.45) is 11.3 Å². The number of carbonyl (C=O) groups excluding carboxylic acids is 2. The van der Waals surface area contributed by atoms with Crippen molar-refractivity contribution < 1.29 is 24.2 Å². The molecule has 20 heavy (non-hydrogen) atoms. The van der Waals surface area contributed by atoms with Crippen molar-refractivity contribution in [2.45, 2.75) is 39.7 Å². The third-order valence-corrected chi connectivity index (χ3v) is 3.47. The minimum Gasteiger partial charge on any atom is -0.481 e. The molecule has 0 bridgehead atoms. The fourth-order valence-corrected chi connectivity index (χ4v) is 1.96. The van der Waals surface area contributed by atoms with E-state index in [0.717, 1.165) is 6.42 Å². The Bertz CT molecular complexity index is 388. The highest BCUT2D eigenvalue weighted by atomic mass is 16.5. The third kappa shape index (κ3) is 4.80. The van der Waals surface area contributed by atoms with Gasteiger partial charge < -0.3 is 15.2 Å². The molecule has 7 heteroatoms. The molecule has 0 aromatic carbocycles. The second-order valence-electron chi connectivity index (χ2n) is 5.80. The highest BCUT2D eigenvalue weighted by Gasteiger charge is 2.31. The Labute approximate surface area is 118 Å². The van der Waals surface area contributed by atoms with Gasteiger partial charge in [-0.25, -0.2) is 4.79 Å². The Morgan fingerprint density at radius 1 is 1.40 bits per heavy atom. The number of ether oxygens (including phenoxy) is 1. The molecule has 0 radical (unpaired) electrons. The van der Waals surface area contributed by atoms with E-state index < -0.39 is 23.3 Å². The second kappa shape index (κ2) is 6.69. The quantitative estimate of drug-likeness (QED) is 0.691. The van der Waals surface area contributed by atoms with Gasteiger partial charge in [-0.05, 0) is 27.2 Å². The summed E-state index contributed by atoms with van der Waals surface area (Å²) in [6.45, 7) is 6.01. The van der Waals surface area contributed by atoms with E-state index in [-0.39, 0.29) is 18.4 Å². The van der Waals surface area contributed by atoms with Crippen LogP contribution in [0.2, 0.25) is 0 Å². The molecule has 3 amide bonds. The summed E-state index contributed by atoms with van der Waals surface area (Å²) in [5.41, 5.74) is -1.20. The first kappa shape index (κ1) is 16.4. The summed E-state index contributed by atoms with van der Waals surface area (Å²) < 4.78 is 5.23. The predicted molar refractivity (Wildman–Crippen MR) is 71.1 cm³/mol. The number of hydrogen-bond donors (Lipinski definition) is 3. The second-order valence-corrected chi connectivity index (χ2v) is 5.80. The Morgan fingerprint density at radius 3 is 2.55 bits per heavy atom. The van der Waals surface area contributed by atoms with Crippen LogP contribution in [0, 0.1) is 11.3 Å². The zero-order valence-corrected chi connectivity index (χ0v) is 12.1. The van der Waals surface area contributed by atoms with Crippen molar-refractivity contribution in [2.75, 3.05) is 13.2 Å². The Hall–Kier alpha value is -1.63. The van der Waals surface area contributed by atoms with E-state index in [1.54, 1.807) is 0 Å². The average molecular weight is 286 g/mol. The molecule has 0 aromatic rings. The Kier molecular flexibility index (Phi) is 5.50. The SMILES string of the molecule is CC(NC(=O)NC(=O)CC(C)(C)C(=O)O)C1CCOC1. The molecule has 2 unspecified atom stereocenters. The first-order valence-corrected chi connectivity index (χ1v) is 6.64. The van der Waals surface area contributed by atoms with Gasteiger partial charge in [0.1, 0.15) is 0 Å².